The van der Waals surface area contributed by atoms with Gasteiger partial charge in [-0.25, -0.2) is 0 Å². The van der Waals surface area contributed by atoms with E-state index in [2.05, 4.69) is 19.9 Å². The van der Waals surface area contributed by atoms with E-state index in [-0.39, 0.29) is 0 Å². The first-order valence-corrected chi connectivity index (χ1v) is 5.77. The fourth-order valence-electron chi connectivity index (χ4n) is 1.63. The zero-order chi connectivity index (χ0) is 9.03. The van der Waals surface area contributed by atoms with Gasteiger partial charge in [0.1, 0.15) is 0 Å². The summed E-state index contributed by atoms with van der Waals surface area (Å²) in [6.45, 7) is 4.19. The molecule has 0 aromatic rings. The molecule has 0 saturated heterocycles. The Morgan fingerprint density at radius 2 is 2.33 bits per heavy atom. The molecule has 0 aromatic carbocycles. The van der Waals surface area contributed by atoms with Crippen LogP contribution >= 0.6 is 11.8 Å². The molecule has 0 fully saturated rings. The van der Waals surface area contributed by atoms with Crippen LogP contribution < -0.4 is 0 Å². The van der Waals surface area contributed by atoms with Gasteiger partial charge in [0, 0.05) is 10.7 Å². The second-order valence-corrected chi connectivity index (χ2v) is 4.48. The summed E-state index contributed by atoms with van der Waals surface area (Å²) in [5.74, 6) is 1.15. The van der Waals surface area contributed by atoms with Crippen LogP contribution in [-0.4, -0.2) is 16.5 Å². The van der Waals surface area contributed by atoms with E-state index in [1.165, 1.54) is 4.91 Å². The van der Waals surface area contributed by atoms with Crippen LogP contribution in [0.5, 0.6) is 0 Å². The summed E-state index contributed by atoms with van der Waals surface area (Å²) in [6.07, 6.45) is 6.14. The summed E-state index contributed by atoms with van der Waals surface area (Å²) in [4.78, 5) is 1.21. The molecule has 0 radical (unpaired) electrons. The topological polar surface area (TPSA) is 20.2 Å². The van der Waals surface area contributed by atoms with Gasteiger partial charge in [0.25, 0.3) is 0 Å². The van der Waals surface area contributed by atoms with E-state index in [1.807, 2.05) is 11.8 Å². The molecule has 1 aliphatic rings. The second kappa shape index (κ2) is 4.33. The van der Waals surface area contributed by atoms with Gasteiger partial charge in [-0.2, -0.15) is 0 Å². The minimum absolute atomic E-state index is 0.504. The van der Waals surface area contributed by atoms with Gasteiger partial charge < -0.3 is 5.11 Å². The van der Waals surface area contributed by atoms with Crippen molar-refractivity contribution in [1.29, 1.82) is 0 Å². The fourth-order valence-corrected chi connectivity index (χ4v) is 2.84. The summed E-state index contributed by atoms with van der Waals surface area (Å²) in [5.41, 5.74) is -0.504. The number of hydrogen-bond donors (Lipinski definition) is 1. The molecule has 0 bridgehead atoms. The van der Waals surface area contributed by atoms with E-state index in [1.54, 1.807) is 0 Å². The quantitative estimate of drug-likeness (QED) is 0.728. The normalized spacial score (nSPS) is 22.1. The number of aliphatic hydroxyl groups is 1. The van der Waals surface area contributed by atoms with Gasteiger partial charge in [0.2, 0.25) is 0 Å². The smallest absolute Gasteiger partial charge is 0.0948 e. The average Bonchev–Trinajstić information content (AvgIpc) is 2.57. The molecule has 70 valence electrons. The predicted molar refractivity (Wildman–Crippen MR) is 55.3 cm³/mol. The van der Waals surface area contributed by atoms with Crippen LogP contribution in [0.2, 0.25) is 0 Å². The largest absolute Gasteiger partial charge is 0.385 e. The molecule has 0 amide bonds. The van der Waals surface area contributed by atoms with Gasteiger partial charge in [-0.1, -0.05) is 26.3 Å². The molecule has 1 N–H and O–H groups in total. The molecule has 1 aliphatic heterocycles. The Morgan fingerprint density at radius 3 is 2.75 bits per heavy atom. The standard InChI is InChI=1S/C10H18OS/c1-3-7-10(11,4-2)9-6-5-8-12-9/h6,11H,3-5,7-8H2,1-2H3. The van der Waals surface area contributed by atoms with Crippen LogP contribution in [0.15, 0.2) is 11.0 Å². The Hall–Kier alpha value is 0.0500. The third kappa shape index (κ3) is 2.05. The van der Waals surface area contributed by atoms with Crippen molar-refractivity contribution in [1.82, 2.24) is 0 Å². The highest BCUT2D eigenvalue weighted by molar-refractivity contribution is 8.03. The third-order valence-corrected chi connectivity index (χ3v) is 3.71. The molecule has 0 aromatic heterocycles. The van der Waals surface area contributed by atoms with E-state index in [9.17, 15) is 5.11 Å². The van der Waals surface area contributed by atoms with Crippen molar-refractivity contribution in [3.63, 3.8) is 0 Å². The zero-order valence-corrected chi connectivity index (χ0v) is 8.78. The Balaban J connectivity index is 2.64. The molecule has 0 aliphatic carbocycles. The number of allylic oxidation sites excluding steroid dienone is 1. The van der Waals surface area contributed by atoms with E-state index < -0.39 is 5.60 Å². The first-order valence-electron chi connectivity index (χ1n) is 4.78. The number of hydrogen-bond acceptors (Lipinski definition) is 2. The maximum atomic E-state index is 10.2. The molecule has 12 heavy (non-hydrogen) atoms. The van der Waals surface area contributed by atoms with Crippen molar-refractivity contribution in [2.45, 2.75) is 45.1 Å². The van der Waals surface area contributed by atoms with Crippen molar-refractivity contribution in [2.24, 2.45) is 0 Å². The van der Waals surface area contributed by atoms with Crippen LogP contribution in [0.3, 0.4) is 0 Å². The lowest BCUT2D eigenvalue weighted by Gasteiger charge is -2.27. The lowest BCUT2D eigenvalue weighted by atomic mass is 9.94. The minimum atomic E-state index is -0.504. The number of rotatable bonds is 4. The molecule has 1 unspecified atom stereocenters. The third-order valence-electron chi connectivity index (χ3n) is 2.41. The SMILES string of the molecule is CCCC(O)(CC)C1=CCCS1. The summed E-state index contributed by atoms with van der Waals surface area (Å²) in [6, 6.07) is 0. The fraction of sp³-hybridized carbons (Fsp3) is 0.800. The lowest BCUT2D eigenvalue weighted by molar-refractivity contribution is 0.0728. The minimum Gasteiger partial charge on any atom is -0.385 e. The Labute approximate surface area is 79.2 Å². The van der Waals surface area contributed by atoms with Crippen molar-refractivity contribution in [2.75, 3.05) is 5.75 Å². The molecule has 1 heterocycles. The molecule has 1 rings (SSSR count). The molecule has 0 spiro atoms. The molecule has 1 atom stereocenters. The van der Waals surface area contributed by atoms with Gasteiger partial charge in [0.05, 0.1) is 5.60 Å². The Kier molecular flexibility index (Phi) is 3.66. The predicted octanol–water partition coefficient (Wildman–Crippen LogP) is 2.95. The van der Waals surface area contributed by atoms with Gasteiger partial charge in [-0.05, 0) is 19.3 Å². The second-order valence-electron chi connectivity index (χ2n) is 3.34. The van der Waals surface area contributed by atoms with E-state index in [0.29, 0.717) is 0 Å². The van der Waals surface area contributed by atoms with Crippen molar-refractivity contribution < 1.29 is 5.11 Å². The van der Waals surface area contributed by atoms with Gasteiger partial charge in [0.15, 0.2) is 0 Å². The lowest BCUT2D eigenvalue weighted by Crippen LogP contribution is -2.28. The van der Waals surface area contributed by atoms with E-state index >= 15 is 0 Å². The maximum Gasteiger partial charge on any atom is 0.0948 e. The summed E-state index contributed by atoms with van der Waals surface area (Å²) < 4.78 is 0. The highest BCUT2D eigenvalue weighted by Gasteiger charge is 2.30. The zero-order valence-electron chi connectivity index (χ0n) is 7.97. The monoisotopic (exact) mass is 186 g/mol. The van der Waals surface area contributed by atoms with Gasteiger partial charge >= 0.3 is 0 Å². The highest BCUT2D eigenvalue weighted by atomic mass is 32.2. The van der Waals surface area contributed by atoms with Crippen molar-refractivity contribution in [3.8, 4) is 0 Å². The summed E-state index contributed by atoms with van der Waals surface area (Å²) in [5, 5.41) is 10.2. The van der Waals surface area contributed by atoms with Crippen LogP contribution in [0, 0.1) is 0 Å². The molecule has 0 saturated carbocycles. The summed E-state index contributed by atoms with van der Waals surface area (Å²) in [7, 11) is 0. The molecular formula is C10H18OS. The molecular weight excluding hydrogens is 168 g/mol. The molecule has 1 nitrogen and oxygen atoms in total. The van der Waals surface area contributed by atoms with E-state index in [4.69, 9.17) is 0 Å². The highest BCUT2D eigenvalue weighted by Crippen LogP contribution is 2.38. The number of thioether (sulfide) groups is 1. The maximum absolute atomic E-state index is 10.2. The summed E-state index contributed by atoms with van der Waals surface area (Å²) >= 11 is 1.82. The Morgan fingerprint density at radius 1 is 1.58 bits per heavy atom. The van der Waals surface area contributed by atoms with Gasteiger partial charge in [-0.15, -0.1) is 11.8 Å². The van der Waals surface area contributed by atoms with E-state index in [0.717, 1.165) is 31.4 Å². The van der Waals surface area contributed by atoms with Gasteiger partial charge in [-0.3, -0.25) is 0 Å². The van der Waals surface area contributed by atoms with Crippen LogP contribution in [0.1, 0.15) is 39.5 Å². The van der Waals surface area contributed by atoms with Crippen LogP contribution in [-0.2, 0) is 0 Å². The van der Waals surface area contributed by atoms with Crippen LogP contribution in [0.4, 0.5) is 0 Å². The average molecular weight is 186 g/mol. The van der Waals surface area contributed by atoms with Crippen LogP contribution in [0.25, 0.3) is 0 Å². The first-order chi connectivity index (χ1) is 5.73. The van der Waals surface area contributed by atoms with Crippen molar-refractivity contribution >= 4 is 11.8 Å². The Bertz CT molecular complexity index is 177. The first kappa shape index (κ1) is 10.1. The van der Waals surface area contributed by atoms with Crippen molar-refractivity contribution in [3.05, 3.63) is 11.0 Å². The molecule has 2 heteroatoms.